The topological polar surface area (TPSA) is 58.9 Å². The van der Waals surface area contributed by atoms with Gasteiger partial charge in [0.05, 0.1) is 11.6 Å². The van der Waals surface area contributed by atoms with E-state index in [1.807, 2.05) is 13.8 Å². The minimum absolute atomic E-state index is 0.0553. The molecule has 0 spiro atoms. The summed E-state index contributed by atoms with van der Waals surface area (Å²) in [5.41, 5.74) is -0.459. The smallest absolute Gasteiger partial charge is 0.211 e. The molecule has 0 radical (unpaired) electrons. The third kappa shape index (κ3) is 6.28. The highest BCUT2D eigenvalue weighted by Gasteiger charge is 2.31. The van der Waals surface area contributed by atoms with E-state index in [0.29, 0.717) is 6.42 Å². The van der Waals surface area contributed by atoms with Gasteiger partial charge in [-0.15, -0.1) is 0 Å². The predicted octanol–water partition coefficient (Wildman–Crippen LogP) is 2.63. The van der Waals surface area contributed by atoms with Crippen molar-refractivity contribution in [2.24, 2.45) is 15.4 Å². The van der Waals surface area contributed by atoms with E-state index < -0.39 is 5.54 Å². The highest BCUT2D eigenvalue weighted by molar-refractivity contribution is 5.35. The number of isocyanates is 2. The van der Waals surface area contributed by atoms with E-state index in [1.165, 1.54) is 6.08 Å². The number of nitrogens with zero attached hydrogens (tertiary/aromatic N) is 2. The van der Waals surface area contributed by atoms with Gasteiger partial charge in [0, 0.05) is 0 Å². The third-order valence-corrected chi connectivity index (χ3v) is 2.23. The number of rotatable bonds is 5. The van der Waals surface area contributed by atoms with Crippen LogP contribution in [0.25, 0.3) is 0 Å². The lowest BCUT2D eigenvalue weighted by atomic mass is 9.78. The van der Waals surface area contributed by atoms with Crippen molar-refractivity contribution in [3.8, 4) is 0 Å². The normalized spacial score (nSPS) is 16.6. The standard InChI is InChI=1S/C12H20N2O2/c1-10(13-8-15)6-12(5,14-9-16)7-11(2,3)4/h10H,6-7H2,1-5H3. The third-order valence-electron chi connectivity index (χ3n) is 2.23. The van der Waals surface area contributed by atoms with Gasteiger partial charge in [-0.05, 0) is 32.1 Å². The number of hydrogen-bond donors (Lipinski definition) is 0. The lowest BCUT2D eigenvalue weighted by Crippen LogP contribution is -2.31. The first-order valence-corrected chi connectivity index (χ1v) is 5.38. The molecule has 2 unspecified atom stereocenters. The molecular weight excluding hydrogens is 204 g/mol. The second-order valence-corrected chi connectivity index (χ2v) is 5.71. The highest BCUT2D eigenvalue weighted by atomic mass is 16.1. The molecule has 0 aliphatic rings. The Bertz CT molecular complexity index is 320. The molecule has 0 fully saturated rings. The molecule has 0 amide bonds. The summed E-state index contributed by atoms with van der Waals surface area (Å²) in [6.45, 7) is 9.95. The van der Waals surface area contributed by atoms with Crippen LogP contribution in [0.4, 0.5) is 0 Å². The summed E-state index contributed by atoms with van der Waals surface area (Å²) in [5.74, 6) is 0. The summed E-state index contributed by atoms with van der Waals surface area (Å²) >= 11 is 0. The molecular formula is C12H20N2O2. The Morgan fingerprint density at radius 2 is 1.69 bits per heavy atom. The van der Waals surface area contributed by atoms with Gasteiger partial charge in [-0.1, -0.05) is 20.8 Å². The van der Waals surface area contributed by atoms with Crippen molar-refractivity contribution in [2.45, 2.75) is 59.0 Å². The molecule has 4 heteroatoms. The van der Waals surface area contributed by atoms with Gasteiger partial charge in [-0.2, -0.15) is 4.99 Å². The van der Waals surface area contributed by atoms with Crippen LogP contribution in [0.5, 0.6) is 0 Å². The lowest BCUT2D eigenvalue weighted by Gasteiger charge is -2.32. The molecule has 0 saturated carbocycles. The van der Waals surface area contributed by atoms with Gasteiger partial charge in [0.1, 0.15) is 0 Å². The van der Waals surface area contributed by atoms with Crippen LogP contribution in [0.1, 0.15) is 47.5 Å². The van der Waals surface area contributed by atoms with E-state index in [9.17, 15) is 9.59 Å². The second-order valence-electron chi connectivity index (χ2n) is 5.71. The van der Waals surface area contributed by atoms with Crippen molar-refractivity contribution >= 4 is 12.2 Å². The van der Waals surface area contributed by atoms with Crippen LogP contribution < -0.4 is 0 Å². The Balaban J connectivity index is 4.82. The molecule has 0 aromatic rings. The van der Waals surface area contributed by atoms with Crippen LogP contribution in [-0.2, 0) is 9.59 Å². The fourth-order valence-corrected chi connectivity index (χ4v) is 2.18. The van der Waals surface area contributed by atoms with Gasteiger partial charge in [-0.3, -0.25) is 0 Å². The molecule has 4 nitrogen and oxygen atoms in total. The zero-order valence-corrected chi connectivity index (χ0v) is 10.7. The van der Waals surface area contributed by atoms with Gasteiger partial charge in [0.25, 0.3) is 0 Å². The maximum Gasteiger partial charge on any atom is 0.235 e. The minimum atomic E-state index is -0.514. The quantitative estimate of drug-likeness (QED) is 0.532. The Hall–Kier alpha value is -1.24. The molecule has 0 aromatic heterocycles. The first-order valence-electron chi connectivity index (χ1n) is 5.38. The molecule has 0 saturated heterocycles. The van der Waals surface area contributed by atoms with Gasteiger partial charge in [-0.25, -0.2) is 14.6 Å². The van der Waals surface area contributed by atoms with Crippen molar-refractivity contribution in [1.82, 2.24) is 0 Å². The molecule has 90 valence electrons. The number of aliphatic imine (C=N–C) groups is 2. The van der Waals surface area contributed by atoms with Crippen molar-refractivity contribution in [1.29, 1.82) is 0 Å². The predicted molar refractivity (Wildman–Crippen MR) is 62.8 cm³/mol. The summed E-state index contributed by atoms with van der Waals surface area (Å²) < 4.78 is 0. The van der Waals surface area contributed by atoms with Crippen LogP contribution in [0.15, 0.2) is 9.98 Å². The van der Waals surface area contributed by atoms with Crippen LogP contribution in [-0.4, -0.2) is 23.7 Å². The molecule has 0 rings (SSSR count). The average Bonchev–Trinajstić information content (AvgIpc) is 1.99. The lowest BCUT2D eigenvalue weighted by molar-refractivity contribution is 0.251. The van der Waals surface area contributed by atoms with Crippen molar-refractivity contribution in [3.63, 3.8) is 0 Å². The minimum Gasteiger partial charge on any atom is -0.211 e. The van der Waals surface area contributed by atoms with Gasteiger partial charge >= 0.3 is 0 Å². The highest BCUT2D eigenvalue weighted by Crippen LogP contribution is 2.33. The first kappa shape index (κ1) is 14.8. The van der Waals surface area contributed by atoms with Gasteiger partial charge in [0.2, 0.25) is 12.2 Å². The van der Waals surface area contributed by atoms with E-state index in [1.54, 1.807) is 6.08 Å². The Morgan fingerprint density at radius 3 is 2.06 bits per heavy atom. The molecule has 16 heavy (non-hydrogen) atoms. The van der Waals surface area contributed by atoms with Crippen LogP contribution in [0, 0.1) is 5.41 Å². The Kier molecular flexibility index (Phi) is 5.29. The van der Waals surface area contributed by atoms with Gasteiger partial charge in [0.15, 0.2) is 0 Å². The average molecular weight is 224 g/mol. The maximum absolute atomic E-state index is 10.4. The molecule has 0 aromatic carbocycles. The molecule has 2 atom stereocenters. The van der Waals surface area contributed by atoms with Crippen LogP contribution in [0.2, 0.25) is 0 Å². The number of carbonyl (C=O) groups excluding carboxylic acids is 2. The van der Waals surface area contributed by atoms with E-state index >= 15 is 0 Å². The summed E-state index contributed by atoms with van der Waals surface area (Å²) in [4.78, 5) is 28.1. The van der Waals surface area contributed by atoms with Crippen LogP contribution >= 0.6 is 0 Å². The summed E-state index contributed by atoms with van der Waals surface area (Å²) in [6.07, 6.45) is 4.44. The largest absolute Gasteiger partial charge is 0.235 e. The SMILES string of the molecule is CC(CC(C)(CC(C)(C)C)N=C=O)N=C=O. The number of hydrogen-bond acceptors (Lipinski definition) is 4. The Morgan fingerprint density at radius 1 is 1.12 bits per heavy atom. The fourth-order valence-electron chi connectivity index (χ4n) is 2.18. The zero-order valence-electron chi connectivity index (χ0n) is 10.7. The zero-order chi connectivity index (χ0) is 12.8. The second kappa shape index (κ2) is 5.74. The van der Waals surface area contributed by atoms with Crippen molar-refractivity contribution in [2.75, 3.05) is 0 Å². The van der Waals surface area contributed by atoms with E-state index in [4.69, 9.17) is 0 Å². The monoisotopic (exact) mass is 224 g/mol. The van der Waals surface area contributed by atoms with E-state index in [0.717, 1.165) is 6.42 Å². The Labute approximate surface area is 96.9 Å². The summed E-state index contributed by atoms with van der Waals surface area (Å²) in [7, 11) is 0. The van der Waals surface area contributed by atoms with Crippen molar-refractivity contribution < 1.29 is 9.59 Å². The molecule has 0 heterocycles. The molecule has 0 N–H and O–H groups in total. The van der Waals surface area contributed by atoms with E-state index in [2.05, 4.69) is 30.8 Å². The molecule has 0 bridgehead atoms. The summed E-state index contributed by atoms with van der Waals surface area (Å²) in [5, 5.41) is 0. The van der Waals surface area contributed by atoms with Gasteiger partial charge < -0.3 is 0 Å². The van der Waals surface area contributed by atoms with E-state index in [-0.39, 0.29) is 11.5 Å². The fraction of sp³-hybridized carbons (Fsp3) is 0.833. The van der Waals surface area contributed by atoms with Crippen LogP contribution in [0.3, 0.4) is 0 Å². The molecule has 0 aliphatic carbocycles. The summed E-state index contributed by atoms with van der Waals surface area (Å²) in [6, 6.07) is -0.179. The molecule has 0 aliphatic heterocycles. The van der Waals surface area contributed by atoms with Crippen molar-refractivity contribution in [3.05, 3.63) is 0 Å². The maximum atomic E-state index is 10.4. The first-order chi connectivity index (χ1) is 7.22.